The molecule has 3 rings (SSSR count). The number of benzene rings is 3. The molecule has 0 aliphatic rings. The van der Waals surface area contributed by atoms with Gasteiger partial charge in [0.2, 0.25) is 0 Å². The summed E-state index contributed by atoms with van der Waals surface area (Å²) in [6.07, 6.45) is 1.48. The Bertz CT molecular complexity index is 1190. The number of hydrogen-bond acceptors (Lipinski definition) is 6. The molecule has 0 radical (unpaired) electrons. The molecular formula is C28H30N2O5. The van der Waals surface area contributed by atoms with Crippen molar-refractivity contribution in [3.63, 3.8) is 0 Å². The van der Waals surface area contributed by atoms with Crippen LogP contribution in [0.5, 0.6) is 17.2 Å². The van der Waals surface area contributed by atoms with Crippen molar-refractivity contribution in [2.24, 2.45) is 5.10 Å². The molecule has 0 aliphatic carbocycles. The number of esters is 1. The summed E-state index contributed by atoms with van der Waals surface area (Å²) < 4.78 is 16.8. The van der Waals surface area contributed by atoms with Gasteiger partial charge in [-0.1, -0.05) is 44.2 Å². The second-order valence-electron chi connectivity index (χ2n) is 8.17. The Balaban J connectivity index is 1.60. The Kier molecular flexibility index (Phi) is 9.01. The zero-order chi connectivity index (χ0) is 25.2. The lowest BCUT2D eigenvalue weighted by Gasteiger charge is -2.14. The van der Waals surface area contributed by atoms with Crippen molar-refractivity contribution in [2.75, 3.05) is 13.2 Å². The average Bonchev–Trinajstić information content (AvgIpc) is 2.84. The standard InChI is InChI=1S/C28H30N2O5/c1-5-33-26-16-21(12-14-24(26)35-28(32)22-9-7-6-8-10-22)17-29-30-27(31)18-34-25-15-20(4)11-13-23(25)19(2)3/h6-17,19H,5,18H2,1-4H3,(H,30,31)/b29-17+. The molecule has 7 heteroatoms. The van der Waals surface area contributed by atoms with Crippen LogP contribution in [0.3, 0.4) is 0 Å². The van der Waals surface area contributed by atoms with Crippen molar-refractivity contribution in [1.29, 1.82) is 0 Å². The van der Waals surface area contributed by atoms with Crippen LogP contribution in [-0.2, 0) is 4.79 Å². The molecule has 35 heavy (non-hydrogen) atoms. The fourth-order valence-corrected chi connectivity index (χ4v) is 3.29. The van der Waals surface area contributed by atoms with E-state index < -0.39 is 5.97 Å². The Morgan fingerprint density at radius 2 is 1.71 bits per heavy atom. The van der Waals surface area contributed by atoms with E-state index in [-0.39, 0.29) is 18.4 Å². The Hall–Kier alpha value is -4.13. The van der Waals surface area contributed by atoms with Crippen molar-refractivity contribution in [2.45, 2.75) is 33.6 Å². The van der Waals surface area contributed by atoms with Crippen molar-refractivity contribution in [1.82, 2.24) is 5.43 Å². The van der Waals surface area contributed by atoms with E-state index in [0.717, 1.165) is 11.1 Å². The summed E-state index contributed by atoms with van der Waals surface area (Å²) in [4.78, 5) is 24.6. The number of ether oxygens (including phenoxy) is 3. The first-order valence-corrected chi connectivity index (χ1v) is 11.5. The quantitative estimate of drug-likeness (QED) is 0.187. The second kappa shape index (κ2) is 12.4. The molecule has 0 saturated carbocycles. The summed E-state index contributed by atoms with van der Waals surface area (Å²) in [6.45, 7) is 8.20. The molecule has 0 bridgehead atoms. The number of carbonyl (C=O) groups excluding carboxylic acids is 2. The molecule has 1 amide bonds. The van der Waals surface area contributed by atoms with Gasteiger partial charge in [-0.2, -0.15) is 5.10 Å². The van der Waals surface area contributed by atoms with Crippen LogP contribution in [-0.4, -0.2) is 31.3 Å². The topological polar surface area (TPSA) is 86.2 Å². The van der Waals surface area contributed by atoms with E-state index in [0.29, 0.717) is 35.0 Å². The highest BCUT2D eigenvalue weighted by atomic mass is 16.6. The third-order valence-corrected chi connectivity index (χ3v) is 5.03. The molecule has 0 heterocycles. The monoisotopic (exact) mass is 474 g/mol. The summed E-state index contributed by atoms with van der Waals surface area (Å²) in [7, 11) is 0. The average molecular weight is 475 g/mol. The summed E-state index contributed by atoms with van der Waals surface area (Å²) >= 11 is 0. The van der Waals surface area contributed by atoms with Gasteiger partial charge < -0.3 is 14.2 Å². The number of hydrazone groups is 1. The predicted molar refractivity (Wildman–Crippen MR) is 136 cm³/mol. The fraction of sp³-hybridized carbons (Fsp3) is 0.250. The van der Waals surface area contributed by atoms with Gasteiger partial charge in [-0.3, -0.25) is 4.79 Å². The first-order valence-electron chi connectivity index (χ1n) is 11.5. The van der Waals surface area contributed by atoms with Gasteiger partial charge >= 0.3 is 5.97 Å². The second-order valence-corrected chi connectivity index (χ2v) is 8.17. The van der Waals surface area contributed by atoms with E-state index in [2.05, 4.69) is 24.4 Å². The minimum Gasteiger partial charge on any atom is -0.490 e. The van der Waals surface area contributed by atoms with Crippen molar-refractivity contribution >= 4 is 18.1 Å². The molecule has 3 aromatic carbocycles. The van der Waals surface area contributed by atoms with Gasteiger partial charge in [-0.05, 0) is 72.9 Å². The van der Waals surface area contributed by atoms with Gasteiger partial charge in [0.05, 0.1) is 18.4 Å². The molecule has 0 saturated heterocycles. The lowest BCUT2D eigenvalue weighted by molar-refractivity contribution is -0.123. The van der Waals surface area contributed by atoms with E-state index in [1.54, 1.807) is 42.5 Å². The van der Waals surface area contributed by atoms with Crippen molar-refractivity contribution < 1.29 is 23.8 Å². The van der Waals surface area contributed by atoms with Gasteiger partial charge in [0.25, 0.3) is 5.91 Å². The zero-order valence-corrected chi connectivity index (χ0v) is 20.4. The van der Waals surface area contributed by atoms with Gasteiger partial charge in [0, 0.05) is 0 Å². The number of nitrogens with one attached hydrogen (secondary N) is 1. The first kappa shape index (κ1) is 25.5. The lowest BCUT2D eigenvalue weighted by atomic mass is 10.0. The summed E-state index contributed by atoms with van der Waals surface area (Å²) in [5.41, 5.74) is 5.67. The molecule has 0 aliphatic heterocycles. The molecule has 0 unspecified atom stereocenters. The molecule has 0 atom stereocenters. The van der Waals surface area contributed by atoms with Crippen LogP contribution in [0.25, 0.3) is 0 Å². The van der Waals surface area contributed by atoms with Crippen LogP contribution in [0.2, 0.25) is 0 Å². The number of hydrogen-bond donors (Lipinski definition) is 1. The van der Waals surface area contributed by atoms with Crippen LogP contribution in [0.15, 0.2) is 71.8 Å². The molecular weight excluding hydrogens is 444 g/mol. The molecule has 1 N–H and O–H groups in total. The third kappa shape index (κ3) is 7.43. The van der Waals surface area contributed by atoms with Crippen LogP contribution in [0.1, 0.15) is 53.7 Å². The van der Waals surface area contributed by atoms with E-state index in [1.807, 2.05) is 38.1 Å². The number of rotatable bonds is 10. The van der Waals surface area contributed by atoms with Crippen LogP contribution >= 0.6 is 0 Å². The predicted octanol–water partition coefficient (Wildman–Crippen LogP) is 5.27. The van der Waals surface area contributed by atoms with Gasteiger partial charge in [0.1, 0.15) is 5.75 Å². The summed E-state index contributed by atoms with van der Waals surface area (Å²) in [5, 5.41) is 4.00. The molecule has 0 fully saturated rings. The number of aryl methyl sites for hydroxylation is 1. The zero-order valence-electron chi connectivity index (χ0n) is 20.4. The van der Waals surface area contributed by atoms with Gasteiger partial charge in [-0.15, -0.1) is 0 Å². The van der Waals surface area contributed by atoms with Gasteiger partial charge in [0.15, 0.2) is 18.1 Å². The highest BCUT2D eigenvalue weighted by Crippen LogP contribution is 2.29. The van der Waals surface area contributed by atoms with Crippen molar-refractivity contribution in [3.8, 4) is 17.2 Å². The fourth-order valence-electron chi connectivity index (χ4n) is 3.29. The summed E-state index contributed by atoms with van der Waals surface area (Å²) in [5.74, 6) is 0.818. The maximum Gasteiger partial charge on any atom is 0.343 e. The highest BCUT2D eigenvalue weighted by molar-refractivity contribution is 5.91. The van der Waals surface area contributed by atoms with E-state index in [1.165, 1.54) is 6.21 Å². The lowest BCUT2D eigenvalue weighted by Crippen LogP contribution is -2.25. The largest absolute Gasteiger partial charge is 0.490 e. The SMILES string of the molecule is CCOc1cc(/C=N/NC(=O)COc2cc(C)ccc2C(C)C)ccc1OC(=O)c1ccccc1. The highest BCUT2D eigenvalue weighted by Gasteiger charge is 2.13. The van der Waals surface area contributed by atoms with Crippen LogP contribution in [0, 0.1) is 6.92 Å². The maximum atomic E-state index is 12.4. The Morgan fingerprint density at radius 3 is 2.43 bits per heavy atom. The summed E-state index contributed by atoms with van der Waals surface area (Å²) in [6, 6.07) is 19.7. The van der Waals surface area contributed by atoms with Crippen LogP contribution in [0.4, 0.5) is 0 Å². The van der Waals surface area contributed by atoms with E-state index in [9.17, 15) is 9.59 Å². The molecule has 0 aromatic heterocycles. The minimum atomic E-state index is -0.477. The third-order valence-electron chi connectivity index (χ3n) is 5.03. The maximum absolute atomic E-state index is 12.4. The van der Waals surface area contributed by atoms with Crippen LogP contribution < -0.4 is 19.6 Å². The molecule has 3 aromatic rings. The first-order chi connectivity index (χ1) is 16.9. The smallest absolute Gasteiger partial charge is 0.343 e. The molecule has 182 valence electrons. The number of carbonyl (C=O) groups is 2. The van der Waals surface area contributed by atoms with Gasteiger partial charge in [-0.25, -0.2) is 10.2 Å². The number of nitrogens with zero attached hydrogens (tertiary/aromatic N) is 1. The van der Waals surface area contributed by atoms with Crippen molar-refractivity contribution in [3.05, 3.63) is 89.0 Å². The Labute approximate surface area is 205 Å². The normalized spacial score (nSPS) is 10.9. The molecule has 7 nitrogen and oxygen atoms in total. The van der Waals surface area contributed by atoms with E-state index >= 15 is 0 Å². The Morgan fingerprint density at radius 1 is 0.943 bits per heavy atom. The minimum absolute atomic E-state index is 0.154. The number of amides is 1. The molecule has 0 spiro atoms. The van der Waals surface area contributed by atoms with E-state index in [4.69, 9.17) is 14.2 Å².